The highest BCUT2D eigenvalue weighted by molar-refractivity contribution is 5.83. The number of benzene rings is 3. The van der Waals surface area contributed by atoms with Gasteiger partial charge in [0.2, 0.25) is 0 Å². The second-order valence-corrected chi connectivity index (χ2v) is 10.2. The molecule has 2 aromatic heterocycles. The third kappa shape index (κ3) is 6.44. The van der Waals surface area contributed by atoms with Crippen LogP contribution >= 0.6 is 0 Å². The van der Waals surface area contributed by atoms with Crippen molar-refractivity contribution in [2.24, 2.45) is 0 Å². The number of aromatic amines is 1. The molecule has 0 aliphatic carbocycles. The Morgan fingerprint density at radius 2 is 1.67 bits per heavy atom. The van der Waals surface area contributed by atoms with E-state index in [-0.39, 0.29) is 11.4 Å². The quantitative estimate of drug-likeness (QED) is 0.247. The SMILES string of the molecule is COc1ccc(CCN(Cc2cc3cc4c(cc3[nH]c2=O)OCCO4)Cc2nnnn2Cc2ccc(F)cc2)cc1OC. The zero-order valence-electron chi connectivity index (χ0n) is 23.9. The van der Waals surface area contributed by atoms with Gasteiger partial charge in [-0.05, 0) is 64.4 Å². The van der Waals surface area contributed by atoms with E-state index in [1.807, 2.05) is 30.3 Å². The summed E-state index contributed by atoms with van der Waals surface area (Å²) in [5, 5.41) is 13.2. The van der Waals surface area contributed by atoms with Gasteiger partial charge in [-0.25, -0.2) is 9.07 Å². The van der Waals surface area contributed by atoms with Crippen molar-refractivity contribution in [1.29, 1.82) is 0 Å². The zero-order valence-corrected chi connectivity index (χ0v) is 23.9. The molecule has 0 saturated carbocycles. The van der Waals surface area contributed by atoms with Crippen molar-refractivity contribution in [3.8, 4) is 23.0 Å². The van der Waals surface area contributed by atoms with Crippen LogP contribution in [0.15, 0.2) is 65.5 Å². The molecule has 1 N–H and O–H groups in total. The molecule has 0 amide bonds. The number of fused-ring (bicyclic) bond motifs is 2. The maximum atomic E-state index is 13.4. The summed E-state index contributed by atoms with van der Waals surface area (Å²) in [6, 6.07) is 17.6. The van der Waals surface area contributed by atoms with Crippen LogP contribution in [0.25, 0.3) is 10.9 Å². The fourth-order valence-corrected chi connectivity index (χ4v) is 5.11. The molecule has 0 fully saturated rings. The monoisotopic (exact) mass is 586 g/mol. The van der Waals surface area contributed by atoms with Crippen molar-refractivity contribution in [3.05, 3.63) is 99.3 Å². The van der Waals surface area contributed by atoms with Gasteiger partial charge in [0.05, 0.1) is 32.8 Å². The van der Waals surface area contributed by atoms with Crippen molar-refractivity contribution < 1.29 is 23.3 Å². The summed E-state index contributed by atoms with van der Waals surface area (Å²) >= 11 is 0. The maximum Gasteiger partial charge on any atom is 0.252 e. The minimum Gasteiger partial charge on any atom is -0.493 e. The molecule has 0 spiro atoms. The number of rotatable bonds is 11. The Hall–Kier alpha value is -4.97. The molecule has 12 heteroatoms. The molecule has 5 aromatic rings. The molecule has 222 valence electrons. The average molecular weight is 587 g/mol. The smallest absolute Gasteiger partial charge is 0.252 e. The Labute approximate surface area is 246 Å². The van der Waals surface area contributed by atoms with Crippen molar-refractivity contribution >= 4 is 10.9 Å². The van der Waals surface area contributed by atoms with Gasteiger partial charge in [-0.1, -0.05) is 18.2 Å². The van der Waals surface area contributed by atoms with E-state index in [1.165, 1.54) is 12.1 Å². The van der Waals surface area contributed by atoms with Gasteiger partial charge >= 0.3 is 0 Å². The summed E-state index contributed by atoms with van der Waals surface area (Å²) in [4.78, 5) is 18.4. The molecule has 1 aliphatic heterocycles. The standard InChI is InChI=1S/C31H31FN6O5/c1-40-26-8-5-20(13-27(26)41-2)9-10-37(19-30-34-35-36-38(30)17-21-3-6-24(32)7-4-21)18-23-14-22-15-28-29(43-12-11-42-28)16-25(22)33-31(23)39/h3-8,13-16H,9-12,17-19H2,1-2H3,(H,33,39). The molecule has 1 aliphatic rings. The summed E-state index contributed by atoms with van der Waals surface area (Å²) in [5.74, 6) is 2.89. The molecule has 0 saturated heterocycles. The van der Waals surface area contributed by atoms with Crippen LogP contribution in [0.2, 0.25) is 0 Å². The lowest BCUT2D eigenvalue weighted by molar-refractivity contribution is 0.172. The van der Waals surface area contributed by atoms with Crippen LogP contribution in [0.3, 0.4) is 0 Å². The van der Waals surface area contributed by atoms with Crippen LogP contribution in [0.5, 0.6) is 23.0 Å². The Balaban J connectivity index is 1.28. The van der Waals surface area contributed by atoms with Gasteiger partial charge < -0.3 is 23.9 Å². The van der Waals surface area contributed by atoms with E-state index in [2.05, 4.69) is 25.4 Å². The molecule has 0 atom stereocenters. The highest BCUT2D eigenvalue weighted by atomic mass is 19.1. The van der Waals surface area contributed by atoms with Gasteiger partial charge in [0.25, 0.3) is 5.56 Å². The molecule has 0 unspecified atom stereocenters. The first-order chi connectivity index (χ1) is 21.0. The van der Waals surface area contributed by atoms with E-state index >= 15 is 0 Å². The minimum absolute atomic E-state index is 0.189. The van der Waals surface area contributed by atoms with Crippen molar-refractivity contribution in [2.75, 3.05) is 34.0 Å². The van der Waals surface area contributed by atoms with Gasteiger partial charge in [0, 0.05) is 30.1 Å². The van der Waals surface area contributed by atoms with Gasteiger partial charge in [0.1, 0.15) is 19.0 Å². The van der Waals surface area contributed by atoms with E-state index in [0.29, 0.717) is 85.7 Å². The number of tetrazole rings is 1. The summed E-state index contributed by atoms with van der Waals surface area (Å²) in [5.41, 5.74) is 3.00. The first kappa shape index (κ1) is 28.2. The van der Waals surface area contributed by atoms with Crippen LogP contribution in [0, 0.1) is 5.82 Å². The fourth-order valence-electron chi connectivity index (χ4n) is 5.11. The maximum absolute atomic E-state index is 13.4. The van der Waals surface area contributed by atoms with E-state index in [1.54, 1.807) is 37.1 Å². The van der Waals surface area contributed by atoms with Gasteiger partial charge in [-0.3, -0.25) is 9.69 Å². The van der Waals surface area contributed by atoms with E-state index in [4.69, 9.17) is 18.9 Å². The zero-order chi connectivity index (χ0) is 29.8. The van der Waals surface area contributed by atoms with E-state index in [0.717, 1.165) is 16.5 Å². The molecular weight excluding hydrogens is 555 g/mol. The van der Waals surface area contributed by atoms with E-state index in [9.17, 15) is 9.18 Å². The summed E-state index contributed by atoms with van der Waals surface area (Å²) < 4.78 is 37.4. The third-order valence-electron chi connectivity index (χ3n) is 7.36. The number of hydrogen-bond donors (Lipinski definition) is 1. The Morgan fingerprint density at radius 1 is 0.930 bits per heavy atom. The van der Waals surface area contributed by atoms with Gasteiger partial charge in [-0.15, -0.1) is 5.10 Å². The third-order valence-corrected chi connectivity index (χ3v) is 7.36. The van der Waals surface area contributed by atoms with Crippen LogP contribution in [-0.4, -0.2) is 64.1 Å². The number of hydrogen-bond acceptors (Lipinski definition) is 9. The summed E-state index contributed by atoms with van der Waals surface area (Å²) in [6.07, 6.45) is 0.671. The predicted molar refractivity (Wildman–Crippen MR) is 156 cm³/mol. The number of methoxy groups -OCH3 is 2. The van der Waals surface area contributed by atoms with Crippen LogP contribution < -0.4 is 24.5 Å². The van der Waals surface area contributed by atoms with Crippen LogP contribution in [0.1, 0.15) is 22.5 Å². The topological polar surface area (TPSA) is 117 Å². The predicted octanol–water partition coefficient (Wildman–Crippen LogP) is 3.74. The second-order valence-electron chi connectivity index (χ2n) is 10.2. The Morgan fingerprint density at radius 3 is 2.44 bits per heavy atom. The molecule has 0 bridgehead atoms. The summed E-state index contributed by atoms with van der Waals surface area (Å²) in [6.45, 7) is 2.64. The first-order valence-corrected chi connectivity index (χ1v) is 13.9. The highest BCUT2D eigenvalue weighted by Crippen LogP contribution is 2.34. The van der Waals surface area contributed by atoms with Crippen LogP contribution in [-0.2, 0) is 26.1 Å². The second kappa shape index (κ2) is 12.5. The first-order valence-electron chi connectivity index (χ1n) is 13.9. The molecular formula is C31H31FN6O5. The van der Waals surface area contributed by atoms with Crippen molar-refractivity contribution in [3.63, 3.8) is 0 Å². The normalized spacial score (nSPS) is 12.6. The fraction of sp³-hybridized carbons (Fsp3) is 0.290. The largest absolute Gasteiger partial charge is 0.493 e. The van der Waals surface area contributed by atoms with Crippen molar-refractivity contribution in [2.45, 2.75) is 26.1 Å². The van der Waals surface area contributed by atoms with Gasteiger partial charge in [-0.2, -0.15) is 0 Å². The van der Waals surface area contributed by atoms with Crippen molar-refractivity contribution in [1.82, 2.24) is 30.1 Å². The molecule has 11 nitrogen and oxygen atoms in total. The number of pyridine rings is 1. The number of nitrogens with one attached hydrogen (secondary N) is 1. The lowest BCUT2D eigenvalue weighted by Crippen LogP contribution is -2.30. The minimum atomic E-state index is -0.303. The molecule has 6 rings (SSSR count). The van der Waals surface area contributed by atoms with Gasteiger partial charge in [0.15, 0.2) is 28.8 Å². The molecule has 0 radical (unpaired) electrons. The number of nitrogens with zero attached hydrogens (tertiary/aromatic N) is 5. The highest BCUT2D eigenvalue weighted by Gasteiger charge is 2.18. The number of aromatic nitrogens is 5. The molecule has 3 aromatic carbocycles. The molecule has 3 heterocycles. The van der Waals surface area contributed by atoms with Crippen LogP contribution in [0.4, 0.5) is 4.39 Å². The lowest BCUT2D eigenvalue weighted by Gasteiger charge is -2.22. The Bertz CT molecular complexity index is 1790. The lowest BCUT2D eigenvalue weighted by atomic mass is 10.1. The number of H-pyrrole nitrogens is 1. The molecule has 43 heavy (non-hydrogen) atoms. The average Bonchev–Trinajstić information content (AvgIpc) is 3.46. The summed E-state index contributed by atoms with van der Waals surface area (Å²) in [7, 11) is 3.21. The number of halogens is 1. The Kier molecular flexibility index (Phi) is 8.18. The van der Waals surface area contributed by atoms with E-state index < -0.39 is 0 Å². The number of ether oxygens (including phenoxy) is 4.